The van der Waals surface area contributed by atoms with Crippen LogP contribution in [-0.2, 0) is 9.53 Å². The van der Waals surface area contributed by atoms with E-state index < -0.39 is 0 Å². The van der Waals surface area contributed by atoms with Crippen LogP contribution >= 0.6 is 0 Å². The largest absolute Gasteiger partial charge is 0.494 e. The third-order valence-corrected chi connectivity index (χ3v) is 3.55. The molecular formula is C18H28N2O4. The van der Waals surface area contributed by atoms with Crippen LogP contribution in [0.25, 0.3) is 0 Å². The molecule has 1 rings (SSSR count). The van der Waals surface area contributed by atoms with Gasteiger partial charge in [0.05, 0.1) is 13.2 Å². The first kappa shape index (κ1) is 20.0. The van der Waals surface area contributed by atoms with Crippen LogP contribution in [0.5, 0.6) is 5.75 Å². The number of nitrogens with zero attached hydrogens (tertiary/aromatic N) is 1. The Morgan fingerprint density at radius 1 is 1.12 bits per heavy atom. The summed E-state index contributed by atoms with van der Waals surface area (Å²) < 4.78 is 10.5. The van der Waals surface area contributed by atoms with Crippen LogP contribution in [0.3, 0.4) is 0 Å². The zero-order valence-electron chi connectivity index (χ0n) is 14.8. The minimum Gasteiger partial charge on any atom is -0.494 e. The van der Waals surface area contributed by atoms with E-state index in [4.69, 9.17) is 9.47 Å². The number of unbranched alkanes of at least 4 members (excludes halogenated alkanes) is 1. The lowest BCUT2D eigenvalue weighted by Gasteiger charge is -2.17. The number of nitrogens with one attached hydrogen (secondary N) is 1. The van der Waals surface area contributed by atoms with Gasteiger partial charge in [0.1, 0.15) is 5.75 Å². The minimum absolute atomic E-state index is 0.0168. The Labute approximate surface area is 144 Å². The first-order valence-electron chi connectivity index (χ1n) is 8.32. The second-order valence-corrected chi connectivity index (χ2v) is 5.57. The van der Waals surface area contributed by atoms with Crippen molar-refractivity contribution in [2.24, 2.45) is 0 Å². The van der Waals surface area contributed by atoms with Gasteiger partial charge in [0.25, 0.3) is 5.91 Å². The smallest absolute Gasteiger partial charge is 0.251 e. The van der Waals surface area contributed by atoms with E-state index in [1.54, 1.807) is 43.3 Å². The van der Waals surface area contributed by atoms with E-state index in [2.05, 4.69) is 12.2 Å². The number of benzene rings is 1. The molecule has 134 valence electrons. The van der Waals surface area contributed by atoms with E-state index in [-0.39, 0.29) is 18.4 Å². The number of methoxy groups -OCH3 is 1. The Morgan fingerprint density at radius 3 is 2.46 bits per heavy atom. The van der Waals surface area contributed by atoms with Gasteiger partial charge >= 0.3 is 0 Å². The molecule has 0 saturated carbocycles. The number of hydrogen-bond acceptors (Lipinski definition) is 4. The molecule has 0 saturated heterocycles. The van der Waals surface area contributed by atoms with Gasteiger partial charge in [-0.3, -0.25) is 9.59 Å². The van der Waals surface area contributed by atoms with Crippen LogP contribution in [-0.4, -0.2) is 57.2 Å². The number of rotatable bonds is 11. The molecule has 0 atom stereocenters. The standard InChI is InChI=1S/C18H28N2O4/c1-4-5-13-24-16-9-7-15(8-10-16)18(22)19-14-17(21)20(2)11-6-12-23-3/h7-10H,4-6,11-14H2,1-3H3,(H,19,22). The van der Waals surface area contributed by atoms with Crippen molar-refractivity contribution in [2.45, 2.75) is 26.2 Å². The van der Waals surface area contributed by atoms with E-state index in [1.165, 1.54) is 0 Å². The molecule has 0 fully saturated rings. The molecule has 24 heavy (non-hydrogen) atoms. The summed E-state index contributed by atoms with van der Waals surface area (Å²) in [7, 11) is 3.34. The highest BCUT2D eigenvalue weighted by molar-refractivity contribution is 5.96. The van der Waals surface area contributed by atoms with Crippen molar-refractivity contribution in [1.29, 1.82) is 0 Å². The number of carbonyl (C=O) groups is 2. The molecule has 1 N–H and O–H groups in total. The van der Waals surface area contributed by atoms with Crippen molar-refractivity contribution in [1.82, 2.24) is 10.2 Å². The monoisotopic (exact) mass is 336 g/mol. The van der Waals surface area contributed by atoms with Crippen molar-refractivity contribution in [3.8, 4) is 5.75 Å². The van der Waals surface area contributed by atoms with E-state index >= 15 is 0 Å². The lowest BCUT2D eigenvalue weighted by Crippen LogP contribution is -2.38. The Kier molecular flexibility index (Phi) is 9.53. The fourth-order valence-corrected chi connectivity index (χ4v) is 2.00. The number of ether oxygens (including phenoxy) is 2. The van der Waals surface area contributed by atoms with E-state index in [1.807, 2.05) is 0 Å². The van der Waals surface area contributed by atoms with E-state index in [9.17, 15) is 9.59 Å². The third kappa shape index (κ3) is 7.46. The second-order valence-electron chi connectivity index (χ2n) is 5.57. The second kappa shape index (κ2) is 11.5. The molecule has 6 nitrogen and oxygen atoms in total. The lowest BCUT2D eigenvalue weighted by atomic mass is 10.2. The van der Waals surface area contributed by atoms with Gasteiger partial charge in [-0.2, -0.15) is 0 Å². The Hall–Kier alpha value is -2.08. The Bertz CT molecular complexity index is 502. The molecule has 2 amide bonds. The fraction of sp³-hybridized carbons (Fsp3) is 0.556. The molecule has 0 aliphatic heterocycles. The Balaban J connectivity index is 2.37. The molecule has 6 heteroatoms. The summed E-state index contributed by atoms with van der Waals surface area (Å²) in [6, 6.07) is 6.93. The van der Waals surface area contributed by atoms with Crippen molar-refractivity contribution >= 4 is 11.8 Å². The van der Waals surface area contributed by atoms with Crippen molar-refractivity contribution in [3.05, 3.63) is 29.8 Å². The molecule has 0 aliphatic rings. The van der Waals surface area contributed by atoms with Crippen molar-refractivity contribution in [2.75, 3.05) is 40.5 Å². The SMILES string of the molecule is CCCCOc1ccc(C(=O)NCC(=O)N(C)CCCOC)cc1. The lowest BCUT2D eigenvalue weighted by molar-refractivity contribution is -0.128. The maximum Gasteiger partial charge on any atom is 0.251 e. The van der Waals surface area contributed by atoms with Gasteiger partial charge in [0.2, 0.25) is 5.91 Å². The molecule has 1 aromatic rings. The summed E-state index contributed by atoms with van der Waals surface area (Å²) in [6.45, 7) is 3.97. The molecule has 0 bridgehead atoms. The predicted octanol–water partition coefficient (Wildman–Crippen LogP) is 2.09. The van der Waals surface area contributed by atoms with Crippen molar-refractivity contribution < 1.29 is 19.1 Å². The van der Waals surface area contributed by atoms with Crippen LogP contribution in [0, 0.1) is 0 Å². The van der Waals surface area contributed by atoms with E-state index in [0.717, 1.165) is 25.0 Å². The summed E-state index contributed by atoms with van der Waals surface area (Å²) in [4.78, 5) is 25.6. The van der Waals surface area contributed by atoms with Gasteiger partial charge in [-0.1, -0.05) is 13.3 Å². The highest BCUT2D eigenvalue weighted by atomic mass is 16.5. The zero-order valence-corrected chi connectivity index (χ0v) is 14.8. The molecule has 0 aromatic heterocycles. The zero-order chi connectivity index (χ0) is 17.8. The van der Waals surface area contributed by atoms with Gasteiger partial charge in [-0.25, -0.2) is 0 Å². The molecular weight excluding hydrogens is 308 g/mol. The number of likely N-dealkylation sites (N-methyl/N-ethyl adjacent to an activating group) is 1. The van der Waals surface area contributed by atoms with Crippen LogP contribution in [0.15, 0.2) is 24.3 Å². The molecule has 0 aliphatic carbocycles. The number of hydrogen-bond donors (Lipinski definition) is 1. The number of amides is 2. The molecule has 1 aromatic carbocycles. The van der Waals surface area contributed by atoms with Crippen LogP contribution < -0.4 is 10.1 Å². The highest BCUT2D eigenvalue weighted by Gasteiger charge is 2.11. The van der Waals surface area contributed by atoms with E-state index in [0.29, 0.717) is 25.3 Å². The summed E-state index contributed by atoms with van der Waals surface area (Å²) in [5.74, 6) is 0.349. The molecule has 0 spiro atoms. The molecule has 0 heterocycles. The van der Waals surface area contributed by atoms with Gasteiger partial charge in [0.15, 0.2) is 0 Å². The normalized spacial score (nSPS) is 10.3. The molecule has 0 unspecified atom stereocenters. The van der Waals surface area contributed by atoms with Crippen LogP contribution in [0.2, 0.25) is 0 Å². The highest BCUT2D eigenvalue weighted by Crippen LogP contribution is 2.12. The number of carbonyl (C=O) groups excluding carboxylic acids is 2. The van der Waals surface area contributed by atoms with Crippen LogP contribution in [0.1, 0.15) is 36.5 Å². The maximum absolute atomic E-state index is 12.1. The van der Waals surface area contributed by atoms with Gasteiger partial charge in [-0.15, -0.1) is 0 Å². The van der Waals surface area contributed by atoms with Gasteiger partial charge in [-0.05, 0) is 37.1 Å². The topological polar surface area (TPSA) is 67.9 Å². The van der Waals surface area contributed by atoms with Crippen molar-refractivity contribution in [3.63, 3.8) is 0 Å². The summed E-state index contributed by atoms with van der Waals surface area (Å²) in [5, 5.41) is 2.64. The fourth-order valence-electron chi connectivity index (χ4n) is 2.00. The predicted molar refractivity (Wildman–Crippen MR) is 93.3 cm³/mol. The first-order chi connectivity index (χ1) is 11.6. The quantitative estimate of drug-likeness (QED) is 0.628. The summed E-state index contributed by atoms with van der Waals surface area (Å²) in [5.41, 5.74) is 0.507. The Morgan fingerprint density at radius 2 is 1.83 bits per heavy atom. The van der Waals surface area contributed by atoms with Gasteiger partial charge < -0.3 is 19.7 Å². The third-order valence-electron chi connectivity index (χ3n) is 3.55. The average Bonchev–Trinajstić information content (AvgIpc) is 2.60. The summed E-state index contributed by atoms with van der Waals surface area (Å²) >= 11 is 0. The average molecular weight is 336 g/mol. The first-order valence-corrected chi connectivity index (χ1v) is 8.32. The van der Waals surface area contributed by atoms with Crippen LogP contribution in [0.4, 0.5) is 0 Å². The summed E-state index contributed by atoms with van der Waals surface area (Å²) in [6.07, 6.45) is 2.85. The minimum atomic E-state index is -0.270. The van der Waals surface area contributed by atoms with Gasteiger partial charge in [0, 0.05) is 32.9 Å². The molecule has 0 radical (unpaired) electrons. The maximum atomic E-state index is 12.1.